The molecule has 0 unspecified atom stereocenters. The van der Waals surface area contributed by atoms with Gasteiger partial charge in [0.05, 0.1) is 13.1 Å². The quantitative estimate of drug-likeness (QED) is 0.737. The second kappa shape index (κ2) is 8.92. The van der Waals surface area contributed by atoms with E-state index in [1.165, 1.54) is 5.56 Å². The Labute approximate surface area is 136 Å². The summed E-state index contributed by atoms with van der Waals surface area (Å²) in [6.07, 6.45) is 2.84. The highest BCUT2D eigenvalue weighted by atomic mass is 16.2. The molecule has 0 aliphatic carbocycles. The molecule has 1 aliphatic rings. The van der Waals surface area contributed by atoms with Crippen LogP contribution in [0.4, 0.5) is 0 Å². The largest absolute Gasteiger partial charge is 0.354 e. The molecule has 0 saturated carbocycles. The van der Waals surface area contributed by atoms with Gasteiger partial charge in [-0.05, 0) is 30.7 Å². The van der Waals surface area contributed by atoms with Gasteiger partial charge in [0.15, 0.2) is 0 Å². The zero-order valence-electron chi connectivity index (χ0n) is 13.1. The number of carbonyl (C=O) groups is 3. The third kappa shape index (κ3) is 6.50. The van der Waals surface area contributed by atoms with Gasteiger partial charge in [-0.1, -0.05) is 30.3 Å². The number of nitrogens with one attached hydrogen (secondary N) is 3. The molecule has 2 rings (SSSR count). The Kier molecular flexibility index (Phi) is 6.59. The molecule has 0 aromatic heterocycles. The smallest absolute Gasteiger partial charge is 0.239 e. The lowest BCUT2D eigenvalue weighted by Gasteiger charge is -2.17. The van der Waals surface area contributed by atoms with Gasteiger partial charge in [-0.3, -0.25) is 14.4 Å². The van der Waals surface area contributed by atoms with E-state index in [-0.39, 0.29) is 36.7 Å². The lowest BCUT2D eigenvalue weighted by molar-refractivity contribution is -0.127. The first-order valence-electron chi connectivity index (χ1n) is 7.97. The van der Waals surface area contributed by atoms with Crippen molar-refractivity contribution in [1.29, 1.82) is 0 Å². The van der Waals surface area contributed by atoms with E-state index in [4.69, 9.17) is 0 Å². The molecule has 3 amide bonds. The van der Waals surface area contributed by atoms with Gasteiger partial charge in [0, 0.05) is 13.0 Å². The summed E-state index contributed by atoms with van der Waals surface area (Å²) in [6.45, 7) is 0.400. The number of hydrogen-bond acceptors (Lipinski definition) is 3. The minimum Gasteiger partial charge on any atom is -0.354 e. The van der Waals surface area contributed by atoms with Crippen LogP contribution in [0, 0.1) is 5.92 Å². The van der Waals surface area contributed by atoms with Gasteiger partial charge < -0.3 is 16.0 Å². The number of amides is 3. The Bertz CT molecular complexity index is 545. The van der Waals surface area contributed by atoms with Gasteiger partial charge in [0.2, 0.25) is 17.7 Å². The molecule has 1 aliphatic heterocycles. The van der Waals surface area contributed by atoms with Crippen LogP contribution in [0.25, 0.3) is 0 Å². The maximum atomic E-state index is 11.8. The fraction of sp³-hybridized carbons (Fsp3) is 0.471. The highest BCUT2D eigenvalue weighted by Gasteiger charge is 2.15. The van der Waals surface area contributed by atoms with Crippen molar-refractivity contribution < 1.29 is 14.4 Å². The summed E-state index contributed by atoms with van der Waals surface area (Å²) in [4.78, 5) is 34.9. The zero-order valence-corrected chi connectivity index (χ0v) is 13.1. The first-order chi connectivity index (χ1) is 11.1. The normalized spacial score (nSPS) is 21.0. The van der Waals surface area contributed by atoms with Crippen molar-refractivity contribution in [1.82, 2.24) is 16.0 Å². The molecule has 6 heteroatoms. The highest BCUT2D eigenvalue weighted by Crippen LogP contribution is 2.15. The van der Waals surface area contributed by atoms with Gasteiger partial charge in [0.1, 0.15) is 0 Å². The van der Waals surface area contributed by atoms with E-state index in [0.717, 1.165) is 19.3 Å². The third-order valence-corrected chi connectivity index (χ3v) is 3.86. The highest BCUT2D eigenvalue weighted by molar-refractivity contribution is 5.88. The lowest BCUT2D eigenvalue weighted by Crippen LogP contribution is -2.42. The standard InChI is InChI=1S/C17H23N3O3/c21-15-8-4-7-14(9-13-5-2-1-3-6-13)10-18-16(22)12-20-17(23)11-19-15/h1-3,5-6,14H,4,7-12H2,(H,18,22)(H,19,21)(H,20,23)/t14-/m1/s1. The second-order valence-corrected chi connectivity index (χ2v) is 5.81. The van der Waals surface area contributed by atoms with Gasteiger partial charge >= 0.3 is 0 Å². The number of hydrogen-bond donors (Lipinski definition) is 3. The number of carbonyl (C=O) groups excluding carboxylic acids is 3. The predicted molar refractivity (Wildman–Crippen MR) is 86.5 cm³/mol. The summed E-state index contributed by atoms with van der Waals surface area (Å²) in [6, 6.07) is 10.1. The van der Waals surface area contributed by atoms with E-state index in [9.17, 15) is 14.4 Å². The van der Waals surface area contributed by atoms with Crippen molar-refractivity contribution >= 4 is 17.7 Å². The molecule has 1 aromatic carbocycles. The van der Waals surface area contributed by atoms with E-state index in [1.54, 1.807) is 0 Å². The minimum absolute atomic E-state index is 0.0627. The zero-order chi connectivity index (χ0) is 16.5. The van der Waals surface area contributed by atoms with Crippen LogP contribution in [-0.4, -0.2) is 37.4 Å². The Hall–Kier alpha value is -2.37. The van der Waals surface area contributed by atoms with Crippen LogP contribution in [-0.2, 0) is 20.8 Å². The van der Waals surface area contributed by atoms with Crippen molar-refractivity contribution in [3.05, 3.63) is 35.9 Å². The molecule has 1 fully saturated rings. The van der Waals surface area contributed by atoms with Crippen molar-refractivity contribution in [2.45, 2.75) is 25.7 Å². The van der Waals surface area contributed by atoms with E-state index in [0.29, 0.717) is 13.0 Å². The predicted octanol–water partition coefficient (Wildman–Crippen LogP) is 0.378. The molecular weight excluding hydrogens is 294 g/mol. The van der Waals surface area contributed by atoms with E-state index >= 15 is 0 Å². The van der Waals surface area contributed by atoms with Crippen molar-refractivity contribution in [2.24, 2.45) is 5.92 Å². The van der Waals surface area contributed by atoms with Gasteiger partial charge in [-0.25, -0.2) is 0 Å². The fourth-order valence-electron chi connectivity index (χ4n) is 2.60. The van der Waals surface area contributed by atoms with Crippen molar-refractivity contribution in [2.75, 3.05) is 19.6 Å². The van der Waals surface area contributed by atoms with Gasteiger partial charge in [-0.2, -0.15) is 0 Å². The summed E-state index contributed by atoms with van der Waals surface area (Å²) in [5.41, 5.74) is 1.22. The fourth-order valence-corrected chi connectivity index (χ4v) is 2.60. The number of rotatable bonds is 2. The molecule has 6 nitrogen and oxygen atoms in total. The summed E-state index contributed by atoms with van der Waals surface area (Å²) >= 11 is 0. The lowest BCUT2D eigenvalue weighted by atomic mass is 9.94. The Morgan fingerprint density at radius 3 is 2.26 bits per heavy atom. The number of benzene rings is 1. The first-order valence-corrected chi connectivity index (χ1v) is 7.97. The minimum atomic E-state index is -0.353. The van der Waals surface area contributed by atoms with Crippen LogP contribution in [0.2, 0.25) is 0 Å². The molecule has 0 radical (unpaired) electrons. The average molecular weight is 317 g/mol. The molecule has 0 spiro atoms. The molecular formula is C17H23N3O3. The summed E-state index contributed by atoms with van der Waals surface area (Å²) < 4.78 is 0. The van der Waals surface area contributed by atoms with Crippen LogP contribution in [0.5, 0.6) is 0 Å². The topological polar surface area (TPSA) is 87.3 Å². The average Bonchev–Trinajstić information content (AvgIpc) is 2.57. The third-order valence-electron chi connectivity index (χ3n) is 3.86. The van der Waals surface area contributed by atoms with E-state index in [2.05, 4.69) is 28.1 Å². The maximum absolute atomic E-state index is 11.8. The maximum Gasteiger partial charge on any atom is 0.239 e. The van der Waals surface area contributed by atoms with Crippen molar-refractivity contribution in [3.8, 4) is 0 Å². The van der Waals surface area contributed by atoms with Crippen LogP contribution >= 0.6 is 0 Å². The Morgan fingerprint density at radius 1 is 0.870 bits per heavy atom. The monoisotopic (exact) mass is 317 g/mol. The van der Waals surface area contributed by atoms with Gasteiger partial charge in [0.25, 0.3) is 0 Å². The van der Waals surface area contributed by atoms with Crippen LogP contribution in [0.15, 0.2) is 30.3 Å². The van der Waals surface area contributed by atoms with Crippen LogP contribution in [0.1, 0.15) is 24.8 Å². The molecule has 3 N–H and O–H groups in total. The van der Waals surface area contributed by atoms with Crippen molar-refractivity contribution in [3.63, 3.8) is 0 Å². The van der Waals surface area contributed by atoms with E-state index < -0.39 is 0 Å². The molecule has 0 bridgehead atoms. The molecule has 23 heavy (non-hydrogen) atoms. The second-order valence-electron chi connectivity index (χ2n) is 5.81. The van der Waals surface area contributed by atoms with Crippen LogP contribution < -0.4 is 16.0 Å². The Morgan fingerprint density at radius 2 is 1.52 bits per heavy atom. The molecule has 124 valence electrons. The molecule has 1 atom stereocenters. The Balaban J connectivity index is 1.96. The SMILES string of the molecule is O=C1CCC[C@H](Cc2ccccc2)CNC(=O)CNC(=O)CN1. The van der Waals surface area contributed by atoms with Gasteiger partial charge in [-0.15, -0.1) is 0 Å². The first kappa shape index (κ1) is 17.0. The van der Waals surface area contributed by atoms with E-state index in [1.807, 2.05) is 18.2 Å². The molecule has 1 heterocycles. The summed E-state index contributed by atoms with van der Waals surface area (Å²) in [7, 11) is 0. The van der Waals surface area contributed by atoms with Crippen LogP contribution in [0.3, 0.4) is 0 Å². The molecule has 1 saturated heterocycles. The molecule has 1 aromatic rings. The summed E-state index contributed by atoms with van der Waals surface area (Å²) in [5, 5.41) is 7.92. The summed E-state index contributed by atoms with van der Waals surface area (Å²) in [5.74, 6) is -0.418.